The first-order valence-corrected chi connectivity index (χ1v) is 12.8. The fourth-order valence-electron chi connectivity index (χ4n) is 4.79. The van der Waals surface area contributed by atoms with E-state index in [4.69, 9.17) is 5.26 Å². The van der Waals surface area contributed by atoms with Crippen molar-refractivity contribution >= 4 is 17.9 Å². The highest BCUT2D eigenvalue weighted by atomic mass is 16.2. The number of amides is 1. The van der Waals surface area contributed by atoms with Crippen LogP contribution >= 0.6 is 0 Å². The lowest BCUT2D eigenvalue weighted by atomic mass is 9.81. The zero-order valence-corrected chi connectivity index (χ0v) is 22.1. The van der Waals surface area contributed by atoms with E-state index in [2.05, 4.69) is 62.3 Å². The number of benzene rings is 1. The minimum atomic E-state index is -0.393. The van der Waals surface area contributed by atoms with Crippen molar-refractivity contribution in [3.63, 3.8) is 0 Å². The quantitative estimate of drug-likeness (QED) is 0.471. The normalized spacial score (nSPS) is 21.8. The number of likely N-dealkylation sites (tertiary alicyclic amines) is 1. The average molecular weight is 490 g/mol. The van der Waals surface area contributed by atoms with Gasteiger partial charge < -0.3 is 19.9 Å². The number of carbonyl (C=O) groups excluding carboxylic acids is 2. The van der Waals surface area contributed by atoms with Gasteiger partial charge in [0.15, 0.2) is 6.19 Å². The maximum absolute atomic E-state index is 13.1. The predicted octanol–water partition coefficient (Wildman–Crippen LogP) is 4.60. The minimum absolute atomic E-state index is 0.0438. The van der Waals surface area contributed by atoms with Crippen LogP contribution in [0.5, 0.6) is 0 Å². The smallest absolute Gasteiger partial charge is 0.247 e. The number of rotatable bonds is 6. The second-order valence-corrected chi connectivity index (χ2v) is 11.0. The van der Waals surface area contributed by atoms with Crippen LogP contribution in [0.2, 0.25) is 0 Å². The molecular weight excluding hydrogens is 450 g/mol. The number of aromatic nitrogens is 1. The maximum atomic E-state index is 13.1. The SMILES string of the molecule is CC1CC(NC(=O)C(c2cccnc2)N(C)c2ccc(C(C)(C)C)cc2)C1.N#CN1CCCC1C=O. The molecular formula is C29H39N5O2. The summed E-state index contributed by atoms with van der Waals surface area (Å²) in [6.45, 7) is 9.59. The summed E-state index contributed by atoms with van der Waals surface area (Å²) in [7, 11) is 1.98. The van der Waals surface area contributed by atoms with Gasteiger partial charge in [0.05, 0.1) is 6.04 Å². The maximum Gasteiger partial charge on any atom is 0.247 e. The first-order chi connectivity index (χ1) is 17.1. The molecule has 2 heterocycles. The number of anilines is 1. The zero-order chi connectivity index (χ0) is 26.3. The Morgan fingerprint density at radius 1 is 1.25 bits per heavy atom. The standard InChI is InChI=1S/C23H31N3O.C6H8N2O/c1-16-13-19(14-16)25-22(27)21(17-7-6-12-24-15-17)26(5)20-10-8-18(9-11-20)23(2,3)4;7-5-8-3-1-2-6(8)4-9/h6-12,15-16,19,21H,13-14H2,1-5H3,(H,25,27);4,6H,1-3H2. The lowest BCUT2D eigenvalue weighted by Gasteiger charge is -2.36. The van der Waals surface area contributed by atoms with E-state index in [1.165, 1.54) is 10.5 Å². The summed E-state index contributed by atoms with van der Waals surface area (Å²) in [5.74, 6) is 0.747. The molecule has 2 atom stereocenters. The van der Waals surface area contributed by atoms with Gasteiger partial charge >= 0.3 is 0 Å². The Morgan fingerprint density at radius 2 is 1.94 bits per heavy atom. The Balaban J connectivity index is 0.000000338. The molecule has 1 aromatic carbocycles. The van der Waals surface area contributed by atoms with Crippen LogP contribution in [0.4, 0.5) is 5.69 Å². The fraction of sp³-hybridized carbons (Fsp3) is 0.517. The summed E-state index contributed by atoms with van der Waals surface area (Å²) < 4.78 is 0. The molecule has 1 N–H and O–H groups in total. The van der Waals surface area contributed by atoms with Gasteiger partial charge in [0.2, 0.25) is 5.91 Å². The van der Waals surface area contributed by atoms with E-state index in [9.17, 15) is 9.59 Å². The van der Waals surface area contributed by atoms with Crippen LogP contribution in [0.25, 0.3) is 0 Å². The summed E-state index contributed by atoms with van der Waals surface area (Å²) in [5, 5.41) is 11.6. The van der Waals surface area contributed by atoms with Gasteiger partial charge in [-0.25, -0.2) is 0 Å². The Bertz CT molecular complexity index is 1040. The van der Waals surface area contributed by atoms with Gasteiger partial charge in [0.25, 0.3) is 0 Å². The number of pyridine rings is 1. The van der Waals surface area contributed by atoms with Crippen molar-refractivity contribution in [1.82, 2.24) is 15.2 Å². The van der Waals surface area contributed by atoms with E-state index < -0.39 is 6.04 Å². The van der Waals surface area contributed by atoms with E-state index in [0.717, 1.165) is 49.8 Å². The van der Waals surface area contributed by atoms with Crippen molar-refractivity contribution in [2.24, 2.45) is 5.92 Å². The Kier molecular flexibility index (Phi) is 9.08. The molecule has 2 fully saturated rings. The molecule has 1 aliphatic carbocycles. The van der Waals surface area contributed by atoms with Crippen molar-refractivity contribution in [1.29, 1.82) is 5.26 Å². The fourth-order valence-corrected chi connectivity index (χ4v) is 4.79. The summed E-state index contributed by atoms with van der Waals surface area (Å²) in [4.78, 5) is 31.1. The first kappa shape index (κ1) is 27.2. The molecule has 1 saturated carbocycles. The monoisotopic (exact) mass is 489 g/mol. The molecule has 1 saturated heterocycles. The van der Waals surface area contributed by atoms with Gasteiger partial charge in [-0.1, -0.05) is 45.9 Å². The van der Waals surface area contributed by atoms with Crippen LogP contribution in [0, 0.1) is 17.4 Å². The molecule has 0 bridgehead atoms. The van der Waals surface area contributed by atoms with Crippen LogP contribution in [0.1, 0.15) is 70.5 Å². The van der Waals surface area contributed by atoms with Gasteiger partial charge in [0.1, 0.15) is 12.3 Å². The van der Waals surface area contributed by atoms with Gasteiger partial charge in [-0.05, 0) is 60.8 Å². The van der Waals surface area contributed by atoms with E-state index in [1.54, 1.807) is 12.4 Å². The van der Waals surface area contributed by atoms with Gasteiger partial charge in [-0.3, -0.25) is 9.78 Å². The van der Waals surface area contributed by atoms with E-state index in [-0.39, 0.29) is 17.4 Å². The molecule has 192 valence electrons. The number of nitrogens with one attached hydrogen (secondary N) is 1. The number of likely N-dealkylation sites (N-methyl/N-ethyl adjacent to an activating group) is 1. The second-order valence-electron chi connectivity index (χ2n) is 11.0. The third-order valence-corrected chi connectivity index (χ3v) is 7.08. The number of hydrogen-bond acceptors (Lipinski definition) is 6. The third kappa shape index (κ3) is 6.84. The lowest BCUT2D eigenvalue weighted by molar-refractivity contribution is -0.124. The first-order valence-electron chi connectivity index (χ1n) is 12.8. The Labute approximate surface area is 215 Å². The average Bonchev–Trinajstić information content (AvgIpc) is 3.32. The van der Waals surface area contributed by atoms with Crippen LogP contribution in [0.3, 0.4) is 0 Å². The number of carbonyl (C=O) groups is 2. The number of hydrogen-bond donors (Lipinski definition) is 1. The molecule has 7 nitrogen and oxygen atoms in total. The highest BCUT2D eigenvalue weighted by Gasteiger charge is 2.32. The predicted molar refractivity (Wildman–Crippen MR) is 142 cm³/mol. The van der Waals surface area contributed by atoms with E-state index >= 15 is 0 Å². The number of nitriles is 1. The summed E-state index contributed by atoms with van der Waals surface area (Å²) in [6, 6.07) is 12.1. The van der Waals surface area contributed by atoms with E-state index in [0.29, 0.717) is 12.0 Å². The van der Waals surface area contributed by atoms with Gasteiger partial charge in [-0.15, -0.1) is 0 Å². The molecule has 1 aromatic heterocycles. The molecule has 4 rings (SSSR count). The van der Waals surface area contributed by atoms with E-state index in [1.807, 2.05) is 30.3 Å². The summed E-state index contributed by atoms with van der Waals surface area (Å²) in [6.07, 6.45) is 10.3. The molecule has 2 aromatic rings. The molecule has 0 radical (unpaired) electrons. The largest absolute Gasteiger partial charge is 0.359 e. The Morgan fingerprint density at radius 3 is 2.44 bits per heavy atom. The van der Waals surface area contributed by atoms with Crippen LogP contribution in [0.15, 0.2) is 48.8 Å². The number of nitrogens with zero attached hydrogens (tertiary/aromatic N) is 4. The van der Waals surface area contributed by atoms with Crippen molar-refractivity contribution in [2.75, 3.05) is 18.5 Å². The molecule has 2 unspecified atom stereocenters. The molecule has 36 heavy (non-hydrogen) atoms. The highest BCUT2D eigenvalue weighted by Crippen LogP contribution is 2.31. The van der Waals surface area contributed by atoms with Gasteiger partial charge in [0, 0.05) is 43.3 Å². The van der Waals surface area contributed by atoms with Crippen LogP contribution in [-0.2, 0) is 15.0 Å². The highest BCUT2D eigenvalue weighted by molar-refractivity contribution is 5.86. The molecule has 1 amide bonds. The minimum Gasteiger partial charge on any atom is -0.359 e. The second kappa shape index (κ2) is 12.0. The lowest BCUT2D eigenvalue weighted by Crippen LogP contribution is -2.48. The van der Waals surface area contributed by atoms with Gasteiger partial charge in [-0.2, -0.15) is 5.26 Å². The molecule has 0 spiro atoms. The third-order valence-electron chi connectivity index (χ3n) is 7.08. The van der Waals surface area contributed by atoms with Crippen molar-refractivity contribution in [3.8, 4) is 6.19 Å². The topological polar surface area (TPSA) is 89.3 Å². The van der Waals surface area contributed by atoms with Crippen LogP contribution < -0.4 is 10.2 Å². The summed E-state index contributed by atoms with van der Waals surface area (Å²) in [5.41, 5.74) is 3.32. The zero-order valence-electron chi connectivity index (χ0n) is 22.1. The Hall–Kier alpha value is -3.40. The molecule has 2 aliphatic rings. The van der Waals surface area contributed by atoms with Crippen molar-refractivity contribution in [3.05, 3.63) is 59.9 Å². The number of aldehydes is 1. The summed E-state index contributed by atoms with van der Waals surface area (Å²) >= 11 is 0. The molecule has 7 heteroatoms. The molecule has 1 aliphatic heterocycles. The van der Waals surface area contributed by atoms with Crippen molar-refractivity contribution < 1.29 is 9.59 Å². The van der Waals surface area contributed by atoms with Crippen LogP contribution in [-0.4, -0.2) is 47.8 Å². The van der Waals surface area contributed by atoms with Crippen molar-refractivity contribution in [2.45, 2.75) is 76.9 Å².